The highest BCUT2D eigenvalue weighted by atomic mass is 16.5. The first kappa shape index (κ1) is 25.9. The molecule has 2 saturated carbocycles. The average Bonchev–Trinajstić information content (AvgIpc) is 3.61. The third kappa shape index (κ3) is 6.25. The first-order valence-electron chi connectivity index (χ1n) is 14.3. The number of rotatable bonds is 10. The Kier molecular flexibility index (Phi) is 8.27. The fourth-order valence-corrected chi connectivity index (χ4v) is 6.04. The second-order valence-electron chi connectivity index (χ2n) is 11.3. The molecule has 9 nitrogen and oxygen atoms in total. The van der Waals surface area contributed by atoms with Gasteiger partial charge in [-0.2, -0.15) is 5.10 Å². The lowest BCUT2D eigenvalue weighted by Gasteiger charge is -2.29. The van der Waals surface area contributed by atoms with E-state index >= 15 is 0 Å². The summed E-state index contributed by atoms with van der Waals surface area (Å²) in [5.41, 5.74) is 3.00. The van der Waals surface area contributed by atoms with E-state index in [1.54, 1.807) is 0 Å². The zero-order chi connectivity index (χ0) is 25.8. The molecule has 0 bridgehead atoms. The fraction of sp³-hybridized carbons (Fsp3) is 0.714. The molecule has 3 fully saturated rings. The first-order chi connectivity index (χ1) is 18.0. The fourth-order valence-electron chi connectivity index (χ4n) is 6.04. The van der Waals surface area contributed by atoms with Crippen LogP contribution >= 0.6 is 0 Å². The summed E-state index contributed by atoms with van der Waals surface area (Å²) < 4.78 is 7.45. The highest BCUT2D eigenvalue weighted by Crippen LogP contribution is 2.36. The minimum Gasteiger partial charge on any atom is -0.361 e. The molecule has 2 aromatic heterocycles. The molecule has 202 valence electrons. The highest BCUT2D eigenvalue weighted by Gasteiger charge is 2.28. The Balaban J connectivity index is 1.32. The Morgan fingerprint density at radius 1 is 1.05 bits per heavy atom. The monoisotopic (exact) mass is 510 g/mol. The Labute approximate surface area is 219 Å². The van der Waals surface area contributed by atoms with Gasteiger partial charge < -0.3 is 20.1 Å². The molecule has 1 aliphatic heterocycles. The molecular formula is C28H42N6O3. The summed E-state index contributed by atoms with van der Waals surface area (Å²) in [5.74, 6) is 0.544. The van der Waals surface area contributed by atoms with Gasteiger partial charge in [0, 0.05) is 25.0 Å². The summed E-state index contributed by atoms with van der Waals surface area (Å²) in [7, 11) is 0. The number of likely N-dealkylation sites (tertiary alicyclic amines) is 1. The zero-order valence-corrected chi connectivity index (χ0v) is 22.4. The van der Waals surface area contributed by atoms with E-state index in [9.17, 15) is 9.59 Å². The highest BCUT2D eigenvalue weighted by molar-refractivity contribution is 5.94. The summed E-state index contributed by atoms with van der Waals surface area (Å²) in [5, 5.41) is 15.3. The molecule has 0 radical (unpaired) electrons. The van der Waals surface area contributed by atoms with Crippen LogP contribution in [0.25, 0.3) is 11.3 Å². The van der Waals surface area contributed by atoms with Crippen molar-refractivity contribution in [1.82, 2.24) is 30.5 Å². The first-order valence-corrected chi connectivity index (χ1v) is 14.3. The van der Waals surface area contributed by atoms with E-state index in [2.05, 4.69) is 20.7 Å². The van der Waals surface area contributed by atoms with Crippen LogP contribution in [0.5, 0.6) is 0 Å². The Morgan fingerprint density at radius 3 is 2.46 bits per heavy atom. The standard InChI is InChI=1S/C28H42N6O3/c1-19-27(20(2)37-32-19)25-18-24(31-34(25)23-11-4-5-12-23)28(36)30-22(13-16-33-14-6-3-7-15-33)17-26(35)29-21-9-8-10-21/h18,21-23H,3-17H2,1-2H3,(H,29,35)(H,30,36)/t22-/m0/s1. The molecule has 1 atom stereocenters. The van der Waals surface area contributed by atoms with Crippen molar-refractivity contribution in [3.63, 3.8) is 0 Å². The second kappa shape index (κ2) is 11.8. The van der Waals surface area contributed by atoms with Gasteiger partial charge in [-0.15, -0.1) is 0 Å². The van der Waals surface area contributed by atoms with Crippen molar-refractivity contribution < 1.29 is 14.1 Å². The van der Waals surface area contributed by atoms with Gasteiger partial charge >= 0.3 is 0 Å². The normalized spacial score (nSPS) is 20.1. The number of carbonyl (C=O) groups excluding carboxylic acids is 2. The van der Waals surface area contributed by atoms with Crippen LogP contribution in [-0.2, 0) is 4.79 Å². The van der Waals surface area contributed by atoms with Crippen LogP contribution in [0.4, 0.5) is 0 Å². The summed E-state index contributed by atoms with van der Waals surface area (Å²) in [4.78, 5) is 28.8. The molecule has 9 heteroatoms. The second-order valence-corrected chi connectivity index (χ2v) is 11.3. The minimum atomic E-state index is -0.228. The zero-order valence-electron chi connectivity index (χ0n) is 22.4. The molecule has 2 N–H and O–H groups in total. The third-order valence-electron chi connectivity index (χ3n) is 8.41. The maximum absolute atomic E-state index is 13.5. The largest absolute Gasteiger partial charge is 0.361 e. The number of nitrogens with zero attached hydrogens (tertiary/aromatic N) is 4. The van der Waals surface area contributed by atoms with Gasteiger partial charge in [-0.25, -0.2) is 0 Å². The number of carbonyl (C=O) groups is 2. The van der Waals surface area contributed by atoms with E-state index in [1.807, 2.05) is 24.6 Å². The average molecular weight is 511 g/mol. The molecule has 0 aromatic carbocycles. The number of amides is 2. The molecule has 5 rings (SSSR count). The molecule has 2 amide bonds. The predicted molar refractivity (Wildman–Crippen MR) is 141 cm³/mol. The maximum atomic E-state index is 13.5. The minimum absolute atomic E-state index is 0.0292. The van der Waals surface area contributed by atoms with Gasteiger partial charge in [-0.3, -0.25) is 14.3 Å². The van der Waals surface area contributed by atoms with Crippen LogP contribution in [0.15, 0.2) is 10.6 Å². The summed E-state index contributed by atoms with van der Waals surface area (Å²) in [6.07, 6.45) is 12.5. The molecular weight excluding hydrogens is 468 g/mol. The number of hydrogen-bond donors (Lipinski definition) is 2. The lowest BCUT2D eigenvalue weighted by Crippen LogP contribution is -2.45. The Hall–Kier alpha value is -2.68. The smallest absolute Gasteiger partial charge is 0.272 e. The van der Waals surface area contributed by atoms with Crippen LogP contribution < -0.4 is 10.6 Å². The van der Waals surface area contributed by atoms with Crippen LogP contribution in [0.1, 0.15) is 105 Å². The maximum Gasteiger partial charge on any atom is 0.272 e. The van der Waals surface area contributed by atoms with Crippen molar-refractivity contribution >= 4 is 11.8 Å². The molecule has 2 aliphatic carbocycles. The van der Waals surface area contributed by atoms with Gasteiger partial charge in [-0.05, 0) is 84.4 Å². The van der Waals surface area contributed by atoms with E-state index in [4.69, 9.17) is 9.62 Å². The van der Waals surface area contributed by atoms with E-state index in [0.29, 0.717) is 18.2 Å². The molecule has 3 heterocycles. The van der Waals surface area contributed by atoms with Crippen LogP contribution in [0, 0.1) is 13.8 Å². The van der Waals surface area contributed by atoms with Crippen molar-refractivity contribution in [2.45, 2.75) is 109 Å². The molecule has 0 spiro atoms. The van der Waals surface area contributed by atoms with E-state index < -0.39 is 0 Å². The summed E-state index contributed by atoms with van der Waals surface area (Å²) >= 11 is 0. The molecule has 2 aromatic rings. The predicted octanol–water partition coefficient (Wildman–Crippen LogP) is 4.30. The number of aromatic nitrogens is 3. The summed E-state index contributed by atoms with van der Waals surface area (Å²) in [6, 6.07) is 2.21. The van der Waals surface area contributed by atoms with Crippen molar-refractivity contribution in [2.24, 2.45) is 0 Å². The molecule has 3 aliphatic rings. The van der Waals surface area contributed by atoms with Gasteiger partial charge in [0.2, 0.25) is 5.91 Å². The van der Waals surface area contributed by atoms with Crippen LogP contribution in [-0.4, -0.2) is 63.4 Å². The summed E-state index contributed by atoms with van der Waals surface area (Å²) in [6.45, 7) is 6.92. The van der Waals surface area contributed by atoms with Crippen LogP contribution in [0.2, 0.25) is 0 Å². The van der Waals surface area contributed by atoms with Gasteiger partial charge in [-0.1, -0.05) is 24.4 Å². The Bertz CT molecular complexity index is 1060. The van der Waals surface area contributed by atoms with Crippen molar-refractivity contribution in [3.8, 4) is 11.3 Å². The number of hydrogen-bond acceptors (Lipinski definition) is 6. The van der Waals surface area contributed by atoms with Gasteiger partial charge in [0.15, 0.2) is 5.69 Å². The number of piperidine rings is 1. The Morgan fingerprint density at radius 2 is 1.81 bits per heavy atom. The van der Waals surface area contributed by atoms with Crippen molar-refractivity contribution in [3.05, 3.63) is 23.2 Å². The van der Waals surface area contributed by atoms with Gasteiger partial charge in [0.05, 0.1) is 23.0 Å². The molecule has 37 heavy (non-hydrogen) atoms. The number of nitrogens with one attached hydrogen (secondary N) is 2. The van der Waals surface area contributed by atoms with E-state index in [-0.39, 0.29) is 23.9 Å². The van der Waals surface area contributed by atoms with Gasteiger partial charge in [0.25, 0.3) is 5.91 Å². The molecule has 1 saturated heterocycles. The van der Waals surface area contributed by atoms with Gasteiger partial charge in [0.1, 0.15) is 5.76 Å². The topological polar surface area (TPSA) is 105 Å². The third-order valence-corrected chi connectivity index (χ3v) is 8.41. The SMILES string of the molecule is Cc1noc(C)c1-c1cc(C(=O)N[C@@H](CCN2CCCCC2)CC(=O)NC2CCC2)nn1C1CCCC1. The number of aryl methyl sites for hydroxylation is 2. The quantitative estimate of drug-likeness (QED) is 0.494. The van der Waals surface area contributed by atoms with Crippen molar-refractivity contribution in [1.29, 1.82) is 0 Å². The van der Waals surface area contributed by atoms with E-state index in [0.717, 1.165) is 74.4 Å². The van der Waals surface area contributed by atoms with E-state index in [1.165, 1.54) is 38.5 Å². The lowest BCUT2D eigenvalue weighted by atomic mass is 9.93. The lowest BCUT2D eigenvalue weighted by molar-refractivity contribution is -0.122. The van der Waals surface area contributed by atoms with Crippen LogP contribution in [0.3, 0.4) is 0 Å². The van der Waals surface area contributed by atoms with Crippen molar-refractivity contribution in [2.75, 3.05) is 19.6 Å². The molecule has 0 unspecified atom stereocenters.